The molecule has 1 N–H and O–H groups in total. The lowest BCUT2D eigenvalue weighted by molar-refractivity contribution is -0.195. The first-order valence-corrected chi connectivity index (χ1v) is 7.95. The van der Waals surface area contributed by atoms with Crippen LogP contribution >= 0.6 is 0 Å². The van der Waals surface area contributed by atoms with Gasteiger partial charge in [-0.25, -0.2) is 9.18 Å². The summed E-state index contributed by atoms with van der Waals surface area (Å²) in [6.07, 6.45) is -2.80. The second kappa shape index (κ2) is 6.68. The van der Waals surface area contributed by atoms with Crippen molar-refractivity contribution < 1.29 is 38.1 Å². The molecule has 0 aromatic heterocycles. The highest BCUT2D eigenvalue weighted by atomic mass is 19.1. The molecule has 4 atom stereocenters. The molecule has 0 spiro atoms. The van der Waals surface area contributed by atoms with Crippen molar-refractivity contribution in [3.63, 3.8) is 0 Å². The lowest BCUT2D eigenvalue weighted by atomic mass is 9.80. The number of carbonyl (C=O) groups is 3. The number of hydrogen-bond donors (Lipinski definition) is 1. The van der Waals surface area contributed by atoms with E-state index in [2.05, 4.69) is 0 Å². The third-order valence-electron chi connectivity index (χ3n) is 4.69. The van der Waals surface area contributed by atoms with Crippen molar-refractivity contribution in [2.75, 3.05) is 0 Å². The smallest absolute Gasteiger partial charge is 0.335 e. The summed E-state index contributed by atoms with van der Waals surface area (Å²) in [5, 5.41) is 9.31. The number of hydrogen-bond acceptors (Lipinski definition) is 6. The van der Waals surface area contributed by atoms with E-state index in [1.165, 1.54) is 19.1 Å². The molecule has 1 aliphatic rings. The van der Waals surface area contributed by atoms with Crippen LogP contribution in [-0.4, -0.2) is 40.6 Å². The maximum Gasteiger partial charge on any atom is 0.335 e. The van der Waals surface area contributed by atoms with Gasteiger partial charge >= 0.3 is 17.9 Å². The summed E-state index contributed by atoms with van der Waals surface area (Å²) in [7, 11) is 0. The summed E-state index contributed by atoms with van der Waals surface area (Å²) in [5.74, 6) is -2.67. The first-order chi connectivity index (χ1) is 11.9. The van der Waals surface area contributed by atoms with Crippen LogP contribution in [0.25, 0.3) is 0 Å². The molecule has 1 aromatic carbocycles. The number of halogens is 1. The van der Waals surface area contributed by atoms with E-state index >= 15 is 4.39 Å². The summed E-state index contributed by atoms with van der Waals surface area (Å²) in [6.45, 7) is 6.21. The van der Waals surface area contributed by atoms with Crippen LogP contribution in [0.15, 0.2) is 18.2 Å². The largest absolute Gasteiger partial charge is 0.478 e. The third-order valence-corrected chi connectivity index (χ3v) is 4.69. The quantitative estimate of drug-likeness (QED) is 0.816. The molecule has 0 radical (unpaired) electrons. The average Bonchev–Trinajstić information content (AvgIpc) is 2.66. The van der Waals surface area contributed by atoms with Gasteiger partial charge in [-0.2, -0.15) is 0 Å². The zero-order valence-corrected chi connectivity index (χ0v) is 15.2. The van der Waals surface area contributed by atoms with Crippen molar-refractivity contribution in [3.05, 3.63) is 34.9 Å². The second-order valence-electron chi connectivity index (χ2n) is 6.56. The van der Waals surface area contributed by atoms with Gasteiger partial charge in [0.1, 0.15) is 6.10 Å². The zero-order valence-electron chi connectivity index (χ0n) is 15.2. The minimum Gasteiger partial charge on any atom is -0.478 e. The molecule has 1 heterocycles. The number of ether oxygens (including phenoxy) is 3. The number of aromatic carboxylic acids is 1. The number of carbonyl (C=O) groups excluding carboxylic acids is 2. The van der Waals surface area contributed by atoms with Crippen molar-refractivity contribution >= 4 is 17.9 Å². The fourth-order valence-corrected chi connectivity index (χ4v) is 3.15. The van der Waals surface area contributed by atoms with Crippen molar-refractivity contribution in [1.29, 1.82) is 0 Å². The van der Waals surface area contributed by atoms with Gasteiger partial charge in [0.25, 0.3) is 0 Å². The van der Waals surface area contributed by atoms with Crippen molar-refractivity contribution in [2.45, 2.75) is 58.3 Å². The Labute approximate surface area is 150 Å². The molecular weight excluding hydrogens is 347 g/mol. The Hall–Kier alpha value is -2.48. The maximum atomic E-state index is 15.6. The molecule has 2 rings (SSSR count). The van der Waals surface area contributed by atoms with Crippen molar-refractivity contribution in [1.82, 2.24) is 0 Å². The predicted octanol–water partition coefficient (Wildman–Crippen LogP) is 2.70. The molecule has 1 saturated heterocycles. The first kappa shape index (κ1) is 19.8. The van der Waals surface area contributed by atoms with Crippen LogP contribution in [0.5, 0.6) is 0 Å². The van der Waals surface area contributed by atoms with Gasteiger partial charge in [0.2, 0.25) is 12.0 Å². The highest BCUT2D eigenvalue weighted by Crippen LogP contribution is 2.53. The molecule has 7 nitrogen and oxygen atoms in total. The molecule has 1 unspecified atom stereocenters. The Balaban J connectivity index is 2.62. The van der Waals surface area contributed by atoms with Gasteiger partial charge in [-0.15, -0.1) is 0 Å². The van der Waals surface area contributed by atoms with E-state index in [9.17, 15) is 19.5 Å². The number of carboxylic acids is 1. The molecule has 8 heteroatoms. The van der Waals surface area contributed by atoms with E-state index < -0.39 is 41.6 Å². The van der Waals surface area contributed by atoms with Crippen LogP contribution in [0, 0.1) is 6.92 Å². The molecule has 1 aliphatic heterocycles. The van der Waals surface area contributed by atoms with Gasteiger partial charge in [-0.1, -0.05) is 12.1 Å². The highest BCUT2D eigenvalue weighted by Gasteiger charge is 2.67. The maximum absolute atomic E-state index is 15.6. The van der Waals surface area contributed by atoms with Gasteiger partial charge in [0, 0.05) is 13.8 Å². The van der Waals surface area contributed by atoms with E-state index in [0.717, 1.165) is 20.8 Å². The lowest BCUT2D eigenvalue weighted by Crippen LogP contribution is -2.53. The Bertz CT molecular complexity index is 758. The van der Waals surface area contributed by atoms with Gasteiger partial charge in [0.05, 0.1) is 5.56 Å². The molecule has 1 aromatic rings. The number of rotatable bonds is 4. The van der Waals surface area contributed by atoms with E-state index in [-0.39, 0.29) is 5.56 Å². The molecule has 26 heavy (non-hydrogen) atoms. The molecule has 0 saturated carbocycles. The molecular formula is C18H21FO7. The Morgan fingerprint density at radius 3 is 2.31 bits per heavy atom. The van der Waals surface area contributed by atoms with Crippen LogP contribution in [0.2, 0.25) is 0 Å². The van der Waals surface area contributed by atoms with E-state index in [0.29, 0.717) is 11.1 Å². The predicted molar refractivity (Wildman–Crippen MR) is 87.2 cm³/mol. The Morgan fingerprint density at radius 1 is 1.19 bits per heavy atom. The summed E-state index contributed by atoms with van der Waals surface area (Å²) in [6, 6.07) is 4.44. The molecule has 142 valence electrons. The van der Waals surface area contributed by atoms with E-state index in [4.69, 9.17) is 14.2 Å². The summed E-state index contributed by atoms with van der Waals surface area (Å²) >= 11 is 0. The third kappa shape index (κ3) is 3.16. The van der Waals surface area contributed by atoms with Crippen LogP contribution in [0.3, 0.4) is 0 Å². The normalized spacial score (nSPS) is 30.7. The number of alkyl halides is 1. The van der Waals surface area contributed by atoms with E-state index in [1.807, 2.05) is 0 Å². The fourth-order valence-electron chi connectivity index (χ4n) is 3.15. The fraction of sp³-hybridized carbons (Fsp3) is 0.500. The average molecular weight is 368 g/mol. The van der Waals surface area contributed by atoms with E-state index in [1.54, 1.807) is 13.0 Å². The van der Waals surface area contributed by atoms with Gasteiger partial charge in [0.15, 0.2) is 5.60 Å². The minimum atomic E-state index is -2.37. The molecule has 0 aliphatic carbocycles. The van der Waals surface area contributed by atoms with Crippen molar-refractivity contribution in [3.8, 4) is 0 Å². The SMILES string of the molecule is CC(=O)OC1O[C@H](c2cccc(C(=O)O)c2C)[C@](C)(OC(C)=O)[C@@]1(C)F. The standard InChI is InChI=1S/C18H21FO7/c1-9-12(7-6-8-13(9)15(22)23)14-18(5,26-11(3)21)17(4,19)16(25-14)24-10(2)20/h6-8,14,16H,1-5H3,(H,22,23)/t14-,16?,17+,18+/m1/s1. The second-order valence-corrected chi connectivity index (χ2v) is 6.56. The number of carboxylic acid groups (broad SMARTS) is 1. The molecule has 0 amide bonds. The Morgan fingerprint density at radius 2 is 1.81 bits per heavy atom. The van der Waals surface area contributed by atoms with Crippen LogP contribution in [-0.2, 0) is 23.8 Å². The van der Waals surface area contributed by atoms with Crippen LogP contribution in [0.4, 0.5) is 4.39 Å². The first-order valence-electron chi connectivity index (χ1n) is 7.95. The molecule has 1 fully saturated rings. The zero-order chi connectivity index (χ0) is 19.9. The van der Waals surface area contributed by atoms with Gasteiger partial charge in [-0.05, 0) is 38.0 Å². The Kier molecular flexibility index (Phi) is 5.10. The summed E-state index contributed by atoms with van der Waals surface area (Å²) in [4.78, 5) is 34.3. The highest BCUT2D eigenvalue weighted by molar-refractivity contribution is 5.89. The molecule has 0 bridgehead atoms. The number of esters is 2. The van der Waals surface area contributed by atoms with Crippen LogP contribution < -0.4 is 0 Å². The summed E-state index contributed by atoms with van der Waals surface area (Å²) in [5.41, 5.74) is -3.55. The monoisotopic (exact) mass is 368 g/mol. The minimum absolute atomic E-state index is 0.00720. The van der Waals surface area contributed by atoms with Crippen LogP contribution in [0.1, 0.15) is 55.3 Å². The lowest BCUT2D eigenvalue weighted by Gasteiger charge is -2.36. The van der Waals surface area contributed by atoms with Gasteiger partial charge in [-0.3, -0.25) is 9.59 Å². The van der Waals surface area contributed by atoms with Crippen molar-refractivity contribution in [2.24, 2.45) is 0 Å². The van der Waals surface area contributed by atoms with Gasteiger partial charge < -0.3 is 19.3 Å². The topological polar surface area (TPSA) is 99.1 Å². The summed E-state index contributed by atoms with van der Waals surface area (Å²) < 4.78 is 31.4. The number of benzene rings is 1.